The average molecular weight is 272 g/mol. The molecule has 100 valence electrons. The number of rotatable bonds is 5. The van der Waals surface area contributed by atoms with Crippen molar-refractivity contribution in [2.24, 2.45) is 5.92 Å². The molecule has 0 aromatic heterocycles. The highest BCUT2D eigenvalue weighted by Gasteiger charge is 2.18. The number of hydrogen-bond acceptors (Lipinski definition) is 3. The summed E-state index contributed by atoms with van der Waals surface area (Å²) in [6.45, 7) is 3.94. The Morgan fingerprint density at radius 2 is 2.11 bits per heavy atom. The molecule has 0 bridgehead atoms. The monoisotopic (exact) mass is 271 g/mol. The van der Waals surface area contributed by atoms with E-state index in [9.17, 15) is 9.90 Å². The van der Waals surface area contributed by atoms with E-state index in [1.54, 1.807) is 0 Å². The summed E-state index contributed by atoms with van der Waals surface area (Å²) in [5.41, 5.74) is 0.236. The summed E-state index contributed by atoms with van der Waals surface area (Å²) < 4.78 is 0. The van der Waals surface area contributed by atoms with Crippen molar-refractivity contribution in [1.29, 1.82) is 0 Å². The van der Waals surface area contributed by atoms with Gasteiger partial charge in [-0.05, 0) is 30.5 Å². The van der Waals surface area contributed by atoms with Crippen molar-refractivity contribution in [3.8, 4) is 5.75 Å². The van der Waals surface area contributed by atoms with Crippen LogP contribution in [0.25, 0.3) is 0 Å². The number of phenols is 1. The number of hydrogen-bond donors (Lipinski definition) is 3. The van der Waals surface area contributed by atoms with Gasteiger partial charge in [-0.2, -0.15) is 0 Å². The van der Waals surface area contributed by atoms with E-state index in [0.29, 0.717) is 6.42 Å². The standard InChI is InChI=1S/C13H18ClNO3/c1-8(2)12(5-6-16)15-13(18)10-7-9(17)3-4-11(10)14/h3-4,7-8,12,16-17H,5-6H2,1-2H3,(H,15,18). The molecule has 0 aliphatic rings. The largest absolute Gasteiger partial charge is 0.508 e. The lowest BCUT2D eigenvalue weighted by atomic mass is 10.0. The second-order valence-electron chi connectivity index (χ2n) is 4.50. The van der Waals surface area contributed by atoms with E-state index in [4.69, 9.17) is 16.7 Å². The molecule has 3 N–H and O–H groups in total. The van der Waals surface area contributed by atoms with E-state index in [2.05, 4.69) is 5.32 Å². The summed E-state index contributed by atoms with van der Waals surface area (Å²) >= 11 is 5.91. The minimum Gasteiger partial charge on any atom is -0.508 e. The van der Waals surface area contributed by atoms with Crippen LogP contribution in [0.3, 0.4) is 0 Å². The molecule has 0 aliphatic carbocycles. The quantitative estimate of drug-likeness (QED) is 0.769. The number of amides is 1. The van der Waals surface area contributed by atoms with Crippen molar-refractivity contribution in [3.63, 3.8) is 0 Å². The van der Waals surface area contributed by atoms with Crippen molar-refractivity contribution >= 4 is 17.5 Å². The number of nitrogens with one attached hydrogen (secondary N) is 1. The Kier molecular flexibility index (Phi) is 5.44. The Balaban J connectivity index is 2.83. The summed E-state index contributed by atoms with van der Waals surface area (Å²) in [7, 11) is 0. The van der Waals surface area contributed by atoms with E-state index in [0.717, 1.165) is 0 Å². The van der Waals surface area contributed by atoms with E-state index in [-0.39, 0.29) is 40.8 Å². The van der Waals surface area contributed by atoms with Crippen molar-refractivity contribution in [2.45, 2.75) is 26.3 Å². The molecule has 1 unspecified atom stereocenters. The van der Waals surface area contributed by atoms with Gasteiger partial charge in [-0.3, -0.25) is 4.79 Å². The van der Waals surface area contributed by atoms with Crippen LogP contribution in [0.2, 0.25) is 5.02 Å². The summed E-state index contributed by atoms with van der Waals surface area (Å²) in [6, 6.07) is 4.10. The molecule has 0 spiro atoms. The van der Waals surface area contributed by atoms with Gasteiger partial charge in [-0.1, -0.05) is 25.4 Å². The number of phenolic OH excluding ortho intramolecular Hbond substituents is 1. The van der Waals surface area contributed by atoms with Crippen LogP contribution in [0.15, 0.2) is 18.2 Å². The number of halogens is 1. The van der Waals surface area contributed by atoms with Crippen LogP contribution < -0.4 is 5.32 Å². The number of benzene rings is 1. The second-order valence-corrected chi connectivity index (χ2v) is 4.91. The smallest absolute Gasteiger partial charge is 0.253 e. The van der Waals surface area contributed by atoms with E-state index >= 15 is 0 Å². The highest BCUT2D eigenvalue weighted by Crippen LogP contribution is 2.21. The second kappa shape index (κ2) is 6.61. The van der Waals surface area contributed by atoms with Crippen LogP contribution in [-0.4, -0.2) is 28.8 Å². The van der Waals surface area contributed by atoms with Gasteiger partial charge >= 0.3 is 0 Å². The number of carbonyl (C=O) groups excluding carboxylic acids is 1. The number of carbonyl (C=O) groups is 1. The van der Waals surface area contributed by atoms with Gasteiger partial charge < -0.3 is 15.5 Å². The fourth-order valence-electron chi connectivity index (χ4n) is 1.64. The Morgan fingerprint density at radius 1 is 1.44 bits per heavy atom. The Hall–Kier alpha value is -1.26. The lowest BCUT2D eigenvalue weighted by molar-refractivity contribution is 0.0916. The predicted molar refractivity (Wildman–Crippen MR) is 70.9 cm³/mol. The molecule has 1 amide bonds. The molecule has 4 nitrogen and oxygen atoms in total. The molecule has 18 heavy (non-hydrogen) atoms. The molecule has 1 rings (SSSR count). The van der Waals surface area contributed by atoms with Gasteiger partial charge in [0.2, 0.25) is 0 Å². The van der Waals surface area contributed by atoms with Crippen molar-refractivity contribution < 1.29 is 15.0 Å². The summed E-state index contributed by atoms with van der Waals surface area (Å²) in [5.74, 6) is -0.145. The number of aromatic hydroxyl groups is 1. The zero-order valence-electron chi connectivity index (χ0n) is 10.5. The third kappa shape index (κ3) is 3.89. The fourth-order valence-corrected chi connectivity index (χ4v) is 1.85. The van der Waals surface area contributed by atoms with Crippen LogP contribution >= 0.6 is 11.6 Å². The molecule has 0 saturated heterocycles. The maximum atomic E-state index is 12.0. The molecule has 1 aromatic rings. The van der Waals surface area contributed by atoms with Crippen LogP contribution in [0, 0.1) is 5.92 Å². The van der Waals surface area contributed by atoms with Gasteiger partial charge in [0.25, 0.3) is 5.91 Å². The van der Waals surface area contributed by atoms with Gasteiger partial charge in [0.05, 0.1) is 10.6 Å². The fraction of sp³-hybridized carbons (Fsp3) is 0.462. The third-order valence-corrected chi connectivity index (χ3v) is 3.09. The van der Waals surface area contributed by atoms with E-state index in [1.807, 2.05) is 13.8 Å². The Bertz CT molecular complexity index is 421. The minimum atomic E-state index is -0.344. The molecule has 1 aromatic carbocycles. The van der Waals surface area contributed by atoms with Gasteiger partial charge in [0, 0.05) is 12.6 Å². The Morgan fingerprint density at radius 3 is 2.67 bits per heavy atom. The molecule has 0 radical (unpaired) electrons. The molecule has 1 atom stereocenters. The number of aliphatic hydroxyl groups is 1. The first-order valence-corrected chi connectivity index (χ1v) is 6.23. The van der Waals surface area contributed by atoms with Crippen LogP contribution in [-0.2, 0) is 0 Å². The maximum absolute atomic E-state index is 12.0. The predicted octanol–water partition coefficient (Wildman–Crippen LogP) is 2.18. The lowest BCUT2D eigenvalue weighted by Gasteiger charge is -2.21. The van der Waals surface area contributed by atoms with E-state index < -0.39 is 0 Å². The lowest BCUT2D eigenvalue weighted by Crippen LogP contribution is -2.39. The topological polar surface area (TPSA) is 69.6 Å². The van der Waals surface area contributed by atoms with E-state index in [1.165, 1.54) is 18.2 Å². The highest BCUT2D eigenvalue weighted by atomic mass is 35.5. The first kappa shape index (κ1) is 14.8. The van der Waals surface area contributed by atoms with Gasteiger partial charge in [-0.25, -0.2) is 0 Å². The number of aliphatic hydroxyl groups excluding tert-OH is 1. The van der Waals surface area contributed by atoms with Crippen molar-refractivity contribution in [1.82, 2.24) is 5.32 Å². The first-order chi connectivity index (χ1) is 8.45. The van der Waals surface area contributed by atoms with Crippen LogP contribution in [0.1, 0.15) is 30.6 Å². The summed E-state index contributed by atoms with van der Waals surface area (Å²) in [5, 5.41) is 21.4. The SMILES string of the molecule is CC(C)C(CCO)NC(=O)c1cc(O)ccc1Cl. The third-order valence-electron chi connectivity index (χ3n) is 2.76. The summed E-state index contributed by atoms with van der Waals surface area (Å²) in [6.07, 6.45) is 0.486. The van der Waals surface area contributed by atoms with Crippen LogP contribution in [0.5, 0.6) is 5.75 Å². The molecular weight excluding hydrogens is 254 g/mol. The highest BCUT2D eigenvalue weighted by molar-refractivity contribution is 6.33. The maximum Gasteiger partial charge on any atom is 0.253 e. The molecule has 5 heteroatoms. The molecular formula is C13H18ClNO3. The van der Waals surface area contributed by atoms with Crippen molar-refractivity contribution in [3.05, 3.63) is 28.8 Å². The molecule has 0 heterocycles. The average Bonchev–Trinajstić information content (AvgIpc) is 2.31. The minimum absolute atomic E-state index is 0.00666. The van der Waals surface area contributed by atoms with Gasteiger partial charge in [0.15, 0.2) is 0 Å². The normalized spacial score (nSPS) is 12.5. The van der Waals surface area contributed by atoms with Gasteiger partial charge in [0.1, 0.15) is 5.75 Å². The van der Waals surface area contributed by atoms with Crippen molar-refractivity contribution in [2.75, 3.05) is 6.61 Å². The molecule has 0 aliphatic heterocycles. The summed E-state index contributed by atoms with van der Waals surface area (Å²) in [4.78, 5) is 12.0. The zero-order chi connectivity index (χ0) is 13.7. The molecule has 0 fully saturated rings. The Labute approximate surface area is 112 Å². The van der Waals surface area contributed by atoms with Crippen LogP contribution in [0.4, 0.5) is 0 Å². The zero-order valence-corrected chi connectivity index (χ0v) is 11.2. The first-order valence-electron chi connectivity index (χ1n) is 5.86. The van der Waals surface area contributed by atoms with Gasteiger partial charge in [-0.15, -0.1) is 0 Å². The molecule has 0 saturated carbocycles.